The van der Waals surface area contributed by atoms with Gasteiger partial charge in [0.05, 0.1) is 26.8 Å². The maximum Gasteiger partial charge on any atom is 0.319 e. The molecule has 2 aliphatic rings. The Morgan fingerprint density at radius 3 is 2.62 bits per heavy atom. The summed E-state index contributed by atoms with van der Waals surface area (Å²) in [5, 5.41) is 17.1. The van der Waals surface area contributed by atoms with Crippen LogP contribution < -0.4 is 20.7 Å². The van der Waals surface area contributed by atoms with Gasteiger partial charge in [-0.05, 0) is 42.7 Å². The number of nitrogens with one attached hydrogen (secondary N) is 3. The predicted molar refractivity (Wildman–Crippen MR) is 149 cm³/mol. The second-order valence-corrected chi connectivity index (χ2v) is 11.0. The van der Waals surface area contributed by atoms with Gasteiger partial charge in [0.1, 0.15) is 12.4 Å². The number of fused-ring (bicyclic) bond motifs is 1. The minimum atomic E-state index is -0.590. The molecule has 0 spiro atoms. The second kappa shape index (κ2) is 11.2. The van der Waals surface area contributed by atoms with Gasteiger partial charge in [-0.25, -0.2) is 9.18 Å². The molecule has 4 heterocycles. The third-order valence-corrected chi connectivity index (χ3v) is 7.81. The summed E-state index contributed by atoms with van der Waals surface area (Å²) in [5.74, 6) is -0.424. The van der Waals surface area contributed by atoms with E-state index in [0.717, 1.165) is 58.8 Å². The first-order valence-corrected chi connectivity index (χ1v) is 13.8. The third-order valence-electron chi connectivity index (χ3n) is 6.65. The van der Waals surface area contributed by atoms with E-state index < -0.39 is 12.4 Å². The van der Waals surface area contributed by atoms with Gasteiger partial charge in [-0.2, -0.15) is 0 Å². The number of rotatable bonds is 9. The van der Waals surface area contributed by atoms with Crippen LogP contribution in [0.5, 0.6) is 11.5 Å². The van der Waals surface area contributed by atoms with Crippen LogP contribution in [0.1, 0.15) is 18.4 Å². The first-order chi connectivity index (χ1) is 19.4. The molecule has 40 heavy (non-hydrogen) atoms. The molecule has 3 aromatic heterocycles. The van der Waals surface area contributed by atoms with Crippen LogP contribution >= 0.6 is 11.3 Å². The van der Waals surface area contributed by atoms with Crippen molar-refractivity contribution in [3.8, 4) is 22.1 Å². The molecule has 0 unspecified atom stereocenters. The quantitative estimate of drug-likeness (QED) is 0.244. The molecule has 1 saturated carbocycles. The van der Waals surface area contributed by atoms with Gasteiger partial charge < -0.3 is 25.8 Å². The zero-order valence-electron chi connectivity index (χ0n) is 21.4. The highest BCUT2D eigenvalue weighted by molar-refractivity contribution is 7.22. The maximum atomic E-state index is 14.8. The van der Waals surface area contributed by atoms with E-state index in [0.29, 0.717) is 11.4 Å². The summed E-state index contributed by atoms with van der Waals surface area (Å²) in [6.07, 6.45) is 5.39. The van der Waals surface area contributed by atoms with Crippen molar-refractivity contribution in [1.29, 1.82) is 0 Å². The fourth-order valence-corrected chi connectivity index (χ4v) is 5.51. The average molecular weight is 563 g/mol. The molecule has 3 amide bonds. The van der Waals surface area contributed by atoms with Crippen molar-refractivity contribution in [3.05, 3.63) is 66.2 Å². The van der Waals surface area contributed by atoms with Crippen molar-refractivity contribution in [2.75, 3.05) is 25.0 Å². The number of urea groups is 1. The number of aromatic nitrogens is 2. The zero-order chi connectivity index (χ0) is 27.6. The Hall–Kier alpha value is -4.13. The number of hydrogen-bond donors (Lipinski definition) is 4. The van der Waals surface area contributed by atoms with Gasteiger partial charge in [0, 0.05) is 55.9 Å². The molecule has 206 valence electrons. The van der Waals surface area contributed by atoms with Crippen LogP contribution in [0, 0.1) is 5.82 Å². The lowest BCUT2D eigenvalue weighted by molar-refractivity contribution is -0.125. The van der Waals surface area contributed by atoms with Gasteiger partial charge in [0.2, 0.25) is 5.91 Å². The van der Waals surface area contributed by atoms with Gasteiger partial charge in [0.25, 0.3) is 0 Å². The molecule has 1 saturated heterocycles. The normalized spacial score (nSPS) is 15.4. The smallest absolute Gasteiger partial charge is 0.319 e. The monoisotopic (exact) mass is 562 g/mol. The molecule has 0 radical (unpaired) electrons. The molecule has 4 aromatic rings. The van der Waals surface area contributed by atoms with Crippen LogP contribution in [0.15, 0.2) is 54.9 Å². The Labute approximate surface area is 233 Å². The van der Waals surface area contributed by atoms with Crippen molar-refractivity contribution >= 4 is 39.2 Å². The number of pyridine rings is 2. The number of aliphatic hydroxyl groups excluding tert-OH is 1. The van der Waals surface area contributed by atoms with Crippen molar-refractivity contribution in [1.82, 2.24) is 25.5 Å². The van der Waals surface area contributed by atoms with Crippen LogP contribution in [-0.4, -0.2) is 63.7 Å². The van der Waals surface area contributed by atoms with E-state index in [-0.39, 0.29) is 29.8 Å². The lowest BCUT2D eigenvalue weighted by atomic mass is 10.1. The van der Waals surface area contributed by atoms with Gasteiger partial charge in [-0.1, -0.05) is 6.07 Å². The number of thiophene rings is 1. The lowest BCUT2D eigenvalue weighted by Gasteiger charge is -2.39. The molecule has 2 fully saturated rings. The maximum absolute atomic E-state index is 14.8. The first-order valence-electron chi connectivity index (χ1n) is 12.9. The number of carbonyl (C=O) groups is 2. The molecular formula is C28H27FN6O4S. The third kappa shape index (κ3) is 6.03. The van der Waals surface area contributed by atoms with Crippen LogP contribution in [0.25, 0.3) is 20.8 Å². The number of ether oxygens (including phenoxy) is 1. The largest absolute Gasteiger partial charge is 0.453 e. The Morgan fingerprint density at radius 1 is 1.05 bits per heavy atom. The number of halogens is 1. The standard InChI is InChI=1S/C28H27FN6O4S/c29-20-9-18(34-28(38)33-17-2-3-17)4-6-23(20)39-24-7-8-30-22-10-25(40-27(22)24)21-5-1-16(11-31-21)12-35-13-19(14-35)32-26(37)15-36/h1,4-11,17,19,36H,2-3,12-15H2,(H,32,37)(H2,33,34,38). The molecule has 0 atom stereocenters. The van der Waals surface area contributed by atoms with E-state index in [1.807, 2.05) is 24.4 Å². The van der Waals surface area contributed by atoms with E-state index in [2.05, 4.69) is 30.8 Å². The fourth-order valence-electron chi connectivity index (χ4n) is 4.47. The minimum Gasteiger partial charge on any atom is -0.453 e. The van der Waals surface area contributed by atoms with Gasteiger partial charge in [-0.3, -0.25) is 19.7 Å². The molecule has 4 N–H and O–H groups in total. The number of likely N-dealkylation sites (tertiary alicyclic amines) is 1. The average Bonchev–Trinajstić information content (AvgIpc) is 3.62. The highest BCUT2D eigenvalue weighted by Crippen LogP contribution is 2.39. The van der Waals surface area contributed by atoms with Gasteiger partial charge in [-0.15, -0.1) is 11.3 Å². The molecule has 0 bridgehead atoms. The number of anilines is 1. The molecular weight excluding hydrogens is 535 g/mol. The summed E-state index contributed by atoms with van der Waals surface area (Å²) >= 11 is 1.46. The molecule has 10 nitrogen and oxygen atoms in total. The minimum absolute atomic E-state index is 0.0437. The summed E-state index contributed by atoms with van der Waals surface area (Å²) < 4.78 is 21.5. The molecule has 12 heteroatoms. The fraction of sp³-hybridized carbons (Fsp3) is 0.286. The first kappa shape index (κ1) is 26.1. The number of amides is 3. The Morgan fingerprint density at radius 2 is 1.90 bits per heavy atom. The topological polar surface area (TPSA) is 129 Å². The van der Waals surface area contributed by atoms with Crippen molar-refractivity contribution in [3.63, 3.8) is 0 Å². The Kier molecular flexibility index (Phi) is 7.29. The van der Waals surface area contributed by atoms with Crippen molar-refractivity contribution in [2.24, 2.45) is 0 Å². The van der Waals surface area contributed by atoms with E-state index in [9.17, 15) is 14.0 Å². The summed E-state index contributed by atoms with van der Waals surface area (Å²) in [7, 11) is 0. The predicted octanol–water partition coefficient (Wildman–Crippen LogP) is 3.87. The van der Waals surface area contributed by atoms with Crippen LogP contribution in [0.3, 0.4) is 0 Å². The van der Waals surface area contributed by atoms with Gasteiger partial charge in [0.15, 0.2) is 11.6 Å². The van der Waals surface area contributed by atoms with Crippen molar-refractivity contribution < 1.29 is 23.8 Å². The highest BCUT2D eigenvalue weighted by Gasteiger charge is 2.27. The highest BCUT2D eigenvalue weighted by atomic mass is 32.1. The van der Waals surface area contributed by atoms with Gasteiger partial charge >= 0.3 is 6.03 Å². The number of nitrogens with zero attached hydrogens (tertiary/aromatic N) is 3. The number of benzene rings is 1. The Bertz CT molecular complexity index is 1550. The summed E-state index contributed by atoms with van der Waals surface area (Å²) in [5.41, 5.74) is 2.91. The molecule has 1 aliphatic heterocycles. The summed E-state index contributed by atoms with van der Waals surface area (Å²) in [4.78, 5) is 35.4. The van der Waals surface area contributed by atoms with Crippen molar-refractivity contribution in [2.45, 2.75) is 31.5 Å². The zero-order valence-corrected chi connectivity index (χ0v) is 22.2. The summed E-state index contributed by atoms with van der Waals surface area (Å²) in [6.45, 7) is 1.68. The van der Waals surface area contributed by atoms with E-state index in [1.165, 1.54) is 23.5 Å². The summed E-state index contributed by atoms with van der Waals surface area (Å²) in [6, 6.07) is 11.8. The molecule has 1 aliphatic carbocycles. The molecule has 1 aromatic carbocycles. The lowest BCUT2D eigenvalue weighted by Crippen LogP contribution is -2.59. The van der Waals surface area contributed by atoms with E-state index in [4.69, 9.17) is 9.84 Å². The number of aliphatic hydroxyl groups is 1. The Balaban J connectivity index is 1.11. The van der Waals surface area contributed by atoms with Crippen LogP contribution in [-0.2, 0) is 11.3 Å². The van der Waals surface area contributed by atoms with E-state index in [1.54, 1.807) is 18.3 Å². The molecule has 6 rings (SSSR count). The number of hydrogen-bond acceptors (Lipinski definition) is 8. The number of carbonyl (C=O) groups excluding carboxylic acids is 2. The second-order valence-electron chi connectivity index (χ2n) is 9.92. The van der Waals surface area contributed by atoms with Crippen LogP contribution in [0.2, 0.25) is 0 Å². The SMILES string of the molecule is O=C(CO)NC1CN(Cc2ccc(-c3cc4nccc(Oc5ccc(NC(=O)NC6CC6)cc5F)c4s3)nc2)C1. The van der Waals surface area contributed by atoms with Crippen LogP contribution in [0.4, 0.5) is 14.9 Å². The van der Waals surface area contributed by atoms with E-state index >= 15 is 0 Å².